The molecule has 2 aliphatic rings. The van der Waals surface area contributed by atoms with E-state index < -0.39 is 0 Å². The van der Waals surface area contributed by atoms with Gasteiger partial charge < -0.3 is 14.7 Å². The number of pyridine rings is 1. The molecular formula is C26H31N3O4. The number of hydrogen-bond acceptors (Lipinski definition) is 6. The summed E-state index contributed by atoms with van der Waals surface area (Å²) in [6.07, 6.45) is 3.44. The van der Waals surface area contributed by atoms with E-state index in [1.54, 1.807) is 12.3 Å². The van der Waals surface area contributed by atoms with Crippen molar-refractivity contribution < 1.29 is 19.4 Å². The Kier molecular flexibility index (Phi) is 7.08. The Balaban J connectivity index is 1.67. The number of aliphatic hydroxyl groups is 1. The normalized spacial score (nSPS) is 19.1. The van der Waals surface area contributed by atoms with Gasteiger partial charge in [-0.15, -0.1) is 0 Å². The highest BCUT2D eigenvalue weighted by Crippen LogP contribution is 2.35. The first-order chi connectivity index (χ1) is 16.0. The third-order valence-electron chi connectivity index (χ3n) is 6.01. The van der Waals surface area contributed by atoms with Crippen molar-refractivity contribution in [3.63, 3.8) is 0 Å². The molecule has 1 saturated heterocycles. The van der Waals surface area contributed by atoms with Crippen LogP contribution in [0.5, 0.6) is 5.75 Å². The lowest BCUT2D eigenvalue weighted by Gasteiger charge is -2.34. The fourth-order valence-electron chi connectivity index (χ4n) is 4.31. The molecule has 2 amide bonds. The summed E-state index contributed by atoms with van der Waals surface area (Å²) in [5, 5.41) is 9.69. The van der Waals surface area contributed by atoms with E-state index in [2.05, 4.69) is 18.8 Å². The number of ether oxygens (including phenoxy) is 1. The van der Waals surface area contributed by atoms with E-state index >= 15 is 0 Å². The van der Waals surface area contributed by atoms with E-state index in [1.165, 1.54) is 4.90 Å². The van der Waals surface area contributed by atoms with Crippen molar-refractivity contribution in [2.45, 2.75) is 33.2 Å². The molecule has 1 N–H and O–H groups in total. The molecule has 7 nitrogen and oxygen atoms in total. The number of aliphatic hydroxyl groups excluding tert-OH is 1. The van der Waals surface area contributed by atoms with Crippen molar-refractivity contribution in [1.29, 1.82) is 0 Å². The molecule has 2 aliphatic heterocycles. The highest BCUT2D eigenvalue weighted by Gasteiger charge is 2.42. The topological polar surface area (TPSA) is 83.0 Å². The van der Waals surface area contributed by atoms with Crippen LogP contribution < -0.4 is 4.74 Å². The standard InChI is InChI=1S/C26H31N3O4/c1-18(2)17-33-22-10-8-20(9-11-22)23-24(28-13-5-6-19(14-28)16-30)26(32)29(25(23)31)15-21-7-3-4-12-27-21/h3-4,7-12,18-19,30H,5-6,13-17H2,1-2H3. The van der Waals surface area contributed by atoms with Gasteiger partial charge in [0.1, 0.15) is 11.4 Å². The quantitative estimate of drug-likeness (QED) is 0.624. The van der Waals surface area contributed by atoms with Gasteiger partial charge in [-0.2, -0.15) is 0 Å². The number of likely N-dealkylation sites (tertiary alicyclic amines) is 1. The number of benzene rings is 1. The Morgan fingerprint density at radius 3 is 2.58 bits per heavy atom. The Morgan fingerprint density at radius 2 is 1.91 bits per heavy atom. The minimum absolute atomic E-state index is 0.0702. The second kappa shape index (κ2) is 10.2. The Hall–Kier alpha value is -3.19. The summed E-state index contributed by atoms with van der Waals surface area (Å²) in [6.45, 7) is 6.21. The number of hydrogen-bond donors (Lipinski definition) is 1. The van der Waals surface area contributed by atoms with Gasteiger partial charge in [-0.3, -0.25) is 19.5 Å². The molecule has 33 heavy (non-hydrogen) atoms. The highest BCUT2D eigenvalue weighted by atomic mass is 16.5. The van der Waals surface area contributed by atoms with Crippen molar-refractivity contribution in [1.82, 2.24) is 14.8 Å². The van der Waals surface area contributed by atoms with Gasteiger partial charge in [0.15, 0.2) is 0 Å². The third kappa shape index (κ3) is 5.09. The maximum absolute atomic E-state index is 13.5. The molecule has 1 unspecified atom stereocenters. The molecule has 2 aromatic rings. The predicted octanol–water partition coefficient (Wildman–Crippen LogP) is 3.10. The summed E-state index contributed by atoms with van der Waals surface area (Å²) < 4.78 is 5.78. The lowest BCUT2D eigenvalue weighted by Crippen LogP contribution is -2.40. The number of imide groups is 1. The molecule has 7 heteroatoms. The van der Waals surface area contributed by atoms with Crippen molar-refractivity contribution in [2.24, 2.45) is 11.8 Å². The van der Waals surface area contributed by atoms with Gasteiger partial charge in [0.2, 0.25) is 0 Å². The molecular weight excluding hydrogens is 418 g/mol. The monoisotopic (exact) mass is 449 g/mol. The van der Waals surface area contributed by atoms with Crippen LogP contribution in [0.15, 0.2) is 54.4 Å². The van der Waals surface area contributed by atoms with Gasteiger partial charge in [0.25, 0.3) is 11.8 Å². The van der Waals surface area contributed by atoms with Crippen LogP contribution in [0.3, 0.4) is 0 Å². The summed E-state index contributed by atoms with van der Waals surface area (Å²) in [7, 11) is 0. The van der Waals surface area contributed by atoms with Crippen molar-refractivity contribution in [2.75, 3.05) is 26.3 Å². The molecule has 0 bridgehead atoms. The van der Waals surface area contributed by atoms with Crippen LogP contribution in [0.4, 0.5) is 0 Å². The van der Waals surface area contributed by atoms with Crippen LogP contribution in [0, 0.1) is 11.8 Å². The summed E-state index contributed by atoms with van der Waals surface area (Å²) in [6, 6.07) is 12.8. The van der Waals surface area contributed by atoms with Crippen LogP contribution in [-0.2, 0) is 16.1 Å². The van der Waals surface area contributed by atoms with Gasteiger partial charge in [0.05, 0.1) is 24.4 Å². The number of rotatable bonds is 8. The fraction of sp³-hybridized carbons (Fsp3) is 0.423. The first kappa shape index (κ1) is 23.0. The molecule has 1 fully saturated rings. The molecule has 0 radical (unpaired) electrons. The average Bonchev–Trinajstić information content (AvgIpc) is 3.08. The molecule has 174 valence electrons. The first-order valence-electron chi connectivity index (χ1n) is 11.6. The zero-order chi connectivity index (χ0) is 23.4. The van der Waals surface area contributed by atoms with Crippen LogP contribution >= 0.6 is 0 Å². The lowest BCUT2D eigenvalue weighted by atomic mass is 9.97. The maximum atomic E-state index is 13.5. The summed E-state index contributed by atoms with van der Waals surface area (Å²) in [5.41, 5.74) is 2.17. The van der Waals surface area contributed by atoms with Crippen LogP contribution in [0.2, 0.25) is 0 Å². The van der Waals surface area contributed by atoms with Crippen LogP contribution in [-0.4, -0.2) is 58.0 Å². The number of carbonyl (C=O) groups excluding carboxylic acids is 2. The molecule has 3 heterocycles. The molecule has 0 aliphatic carbocycles. The van der Waals surface area contributed by atoms with Crippen LogP contribution in [0.25, 0.3) is 5.57 Å². The number of amides is 2. The minimum atomic E-state index is -0.317. The lowest BCUT2D eigenvalue weighted by molar-refractivity contribution is -0.138. The van der Waals surface area contributed by atoms with Gasteiger partial charge >= 0.3 is 0 Å². The van der Waals surface area contributed by atoms with Crippen molar-refractivity contribution in [3.8, 4) is 5.75 Å². The SMILES string of the molecule is CC(C)COc1ccc(C2=C(N3CCCC(CO)C3)C(=O)N(Cc3ccccn3)C2=O)cc1. The average molecular weight is 450 g/mol. The van der Waals surface area contributed by atoms with Crippen LogP contribution in [0.1, 0.15) is 37.9 Å². The van der Waals surface area contributed by atoms with E-state index in [4.69, 9.17) is 4.74 Å². The van der Waals surface area contributed by atoms with Gasteiger partial charge in [-0.05, 0) is 54.5 Å². The Labute approximate surface area is 194 Å². The number of piperidine rings is 1. The second-order valence-corrected chi connectivity index (χ2v) is 9.11. The second-order valence-electron chi connectivity index (χ2n) is 9.11. The van der Waals surface area contributed by atoms with E-state index in [-0.39, 0.29) is 30.9 Å². The van der Waals surface area contributed by atoms with Gasteiger partial charge in [-0.1, -0.05) is 32.0 Å². The zero-order valence-corrected chi connectivity index (χ0v) is 19.2. The molecule has 1 aromatic heterocycles. The smallest absolute Gasteiger partial charge is 0.278 e. The van der Waals surface area contributed by atoms with Crippen molar-refractivity contribution in [3.05, 3.63) is 65.6 Å². The third-order valence-corrected chi connectivity index (χ3v) is 6.01. The summed E-state index contributed by atoms with van der Waals surface area (Å²) in [4.78, 5) is 34.6. The van der Waals surface area contributed by atoms with Gasteiger partial charge in [0, 0.05) is 25.9 Å². The first-order valence-corrected chi connectivity index (χ1v) is 11.6. The minimum Gasteiger partial charge on any atom is -0.493 e. The Morgan fingerprint density at radius 1 is 1.12 bits per heavy atom. The van der Waals surface area contributed by atoms with Crippen molar-refractivity contribution >= 4 is 17.4 Å². The number of carbonyl (C=O) groups is 2. The highest BCUT2D eigenvalue weighted by molar-refractivity contribution is 6.35. The molecule has 0 saturated carbocycles. The molecule has 0 spiro atoms. The molecule has 1 atom stereocenters. The van der Waals surface area contributed by atoms with E-state index in [1.807, 2.05) is 41.3 Å². The summed E-state index contributed by atoms with van der Waals surface area (Å²) in [5.74, 6) is 0.607. The molecule has 1 aromatic carbocycles. The maximum Gasteiger partial charge on any atom is 0.278 e. The summed E-state index contributed by atoms with van der Waals surface area (Å²) >= 11 is 0. The van der Waals surface area contributed by atoms with E-state index in [0.29, 0.717) is 48.1 Å². The van der Waals surface area contributed by atoms with E-state index in [9.17, 15) is 14.7 Å². The largest absolute Gasteiger partial charge is 0.493 e. The predicted molar refractivity (Wildman–Crippen MR) is 125 cm³/mol. The van der Waals surface area contributed by atoms with Gasteiger partial charge in [-0.25, -0.2) is 0 Å². The fourth-order valence-corrected chi connectivity index (χ4v) is 4.31. The molecule has 4 rings (SSSR count). The number of nitrogens with zero attached hydrogens (tertiary/aromatic N) is 3. The Bertz CT molecular complexity index is 1020. The number of aromatic nitrogens is 1. The van der Waals surface area contributed by atoms with E-state index in [0.717, 1.165) is 18.6 Å². The zero-order valence-electron chi connectivity index (χ0n) is 19.2.